The summed E-state index contributed by atoms with van der Waals surface area (Å²) in [5.74, 6) is -0.489. The van der Waals surface area contributed by atoms with Crippen molar-refractivity contribution in [2.75, 3.05) is 33.0 Å². The van der Waals surface area contributed by atoms with Crippen LogP contribution < -0.4 is 5.73 Å². The highest BCUT2D eigenvalue weighted by molar-refractivity contribution is 5.95. The lowest BCUT2D eigenvalue weighted by Gasteiger charge is -2.70. The largest absolute Gasteiger partial charge is 0.454 e. The number of nitrogens with two attached hydrogens (primary N) is 1. The summed E-state index contributed by atoms with van der Waals surface area (Å²) >= 11 is 0. The predicted octanol–water partition coefficient (Wildman–Crippen LogP) is 2.22. The van der Waals surface area contributed by atoms with Crippen LogP contribution in [0.25, 0.3) is 0 Å². The topological polar surface area (TPSA) is 114 Å². The molecule has 2 unspecified atom stereocenters. The number of esters is 1. The number of likely N-dealkylation sites (N-methyl/N-ethyl adjacent to an activating group) is 1. The molecule has 1 aromatic rings. The van der Waals surface area contributed by atoms with Gasteiger partial charge < -0.3 is 30.2 Å². The first kappa shape index (κ1) is 24.3. The van der Waals surface area contributed by atoms with Crippen molar-refractivity contribution in [3.05, 3.63) is 29.8 Å². The summed E-state index contributed by atoms with van der Waals surface area (Å²) in [6.07, 6.45) is 3.82. The maximum Gasteiger partial charge on any atom is 0.340 e. The first-order valence-corrected chi connectivity index (χ1v) is 14.0. The van der Waals surface area contributed by atoms with Crippen molar-refractivity contribution in [1.82, 2.24) is 4.90 Å². The average Bonchev–Trinajstić information content (AvgIpc) is 3.35. The van der Waals surface area contributed by atoms with Gasteiger partial charge in [-0.05, 0) is 56.7 Å². The van der Waals surface area contributed by atoms with E-state index < -0.39 is 22.2 Å². The van der Waals surface area contributed by atoms with Gasteiger partial charge in [-0.15, -0.1) is 0 Å². The minimum Gasteiger partial charge on any atom is -0.454 e. The van der Waals surface area contributed by atoms with Gasteiger partial charge in [0, 0.05) is 62.1 Å². The highest BCUT2D eigenvalue weighted by Gasteiger charge is 2.87. The summed E-state index contributed by atoms with van der Waals surface area (Å²) in [5, 5.41) is 25.0. The van der Waals surface area contributed by atoms with Crippen LogP contribution in [-0.2, 0) is 14.2 Å². The Morgan fingerprint density at radius 2 is 1.89 bits per heavy atom. The summed E-state index contributed by atoms with van der Waals surface area (Å²) in [6, 6.07) is 7.14. The van der Waals surface area contributed by atoms with Crippen molar-refractivity contribution in [1.29, 1.82) is 0 Å². The van der Waals surface area contributed by atoms with Crippen molar-refractivity contribution >= 4 is 11.7 Å². The number of hydrogen-bond acceptors (Lipinski definition) is 8. The maximum atomic E-state index is 13.6. The van der Waals surface area contributed by atoms with Crippen LogP contribution in [0, 0.1) is 29.1 Å². The number of likely N-dealkylation sites (tertiary alicyclic amines) is 1. The van der Waals surface area contributed by atoms with Crippen molar-refractivity contribution in [2.45, 2.75) is 80.5 Å². The molecule has 1 spiro atoms. The van der Waals surface area contributed by atoms with Gasteiger partial charge in [0.25, 0.3) is 0 Å². The molecule has 37 heavy (non-hydrogen) atoms. The highest BCUT2D eigenvalue weighted by Crippen LogP contribution is 2.79. The molecule has 11 atom stereocenters. The van der Waals surface area contributed by atoms with Gasteiger partial charge in [0.15, 0.2) is 0 Å². The first-order chi connectivity index (χ1) is 17.7. The molecule has 7 bridgehead atoms. The smallest absolute Gasteiger partial charge is 0.340 e. The summed E-state index contributed by atoms with van der Waals surface area (Å²) < 4.78 is 18.8. The second-order valence-corrected chi connectivity index (χ2v) is 12.8. The molecule has 5 saturated carbocycles. The van der Waals surface area contributed by atoms with E-state index in [1.54, 1.807) is 26.4 Å². The molecule has 0 radical (unpaired) electrons. The van der Waals surface area contributed by atoms with Crippen LogP contribution in [0.2, 0.25) is 0 Å². The van der Waals surface area contributed by atoms with Crippen LogP contribution in [0.1, 0.15) is 55.8 Å². The van der Waals surface area contributed by atoms with Gasteiger partial charge in [-0.25, -0.2) is 4.79 Å². The SMILES string of the molecule is CCN1C[C@]2(OC(=O)c3ccccc3N)CC[C@H](OC)C34[C@@H]1C(C[C@@H]32)[C@@]1(O)C[C@H](OC)[C@H]2C[C@@H]4[C@]1(O)C2. The number of hydrogen-bond donors (Lipinski definition) is 3. The van der Waals surface area contributed by atoms with Gasteiger partial charge in [0.2, 0.25) is 0 Å². The Bertz CT molecular complexity index is 1130. The van der Waals surface area contributed by atoms with E-state index in [1.165, 1.54) is 0 Å². The highest BCUT2D eigenvalue weighted by atomic mass is 16.6. The van der Waals surface area contributed by atoms with Gasteiger partial charge in [-0.1, -0.05) is 19.1 Å². The average molecular weight is 513 g/mol. The van der Waals surface area contributed by atoms with Crippen molar-refractivity contribution < 1.29 is 29.2 Å². The van der Waals surface area contributed by atoms with Crippen LogP contribution in [-0.4, -0.2) is 83.4 Å². The maximum absolute atomic E-state index is 13.6. The Hall–Kier alpha value is -1.71. The molecule has 1 aliphatic heterocycles. The number of anilines is 1. The molecular weight excluding hydrogens is 472 g/mol. The number of aliphatic hydroxyl groups is 2. The number of rotatable bonds is 5. The van der Waals surface area contributed by atoms with Gasteiger partial charge >= 0.3 is 5.97 Å². The molecule has 7 rings (SSSR count). The number of carbonyl (C=O) groups is 1. The number of methoxy groups -OCH3 is 2. The summed E-state index contributed by atoms with van der Waals surface area (Å²) in [7, 11) is 3.51. The Morgan fingerprint density at radius 3 is 2.59 bits per heavy atom. The van der Waals surface area contributed by atoms with Crippen LogP contribution >= 0.6 is 0 Å². The number of benzene rings is 1. The number of para-hydroxylation sites is 1. The fourth-order valence-corrected chi connectivity index (χ4v) is 11.0. The van der Waals surface area contributed by atoms with E-state index in [0.29, 0.717) is 43.5 Å². The van der Waals surface area contributed by atoms with Crippen LogP contribution in [0.5, 0.6) is 0 Å². The first-order valence-electron chi connectivity index (χ1n) is 14.0. The van der Waals surface area contributed by atoms with E-state index in [9.17, 15) is 15.0 Å². The summed E-state index contributed by atoms with van der Waals surface area (Å²) in [5.41, 5.74) is 3.42. The number of nitrogens with zero attached hydrogens (tertiary/aromatic N) is 1. The normalized spacial score (nSPS) is 51.2. The monoisotopic (exact) mass is 512 g/mol. The zero-order valence-electron chi connectivity index (χ0n) is 22.1. The molecule has 202 valence electrons. The van der Waals surface area contributed by atoms with Crippen molar-refractivity contribution in [3.63, 3.8) is 0 Å². The number of ether oxygens (including phenoxy) is 3. The predicted molar refractivity (Wildman–Crippen MR) is 136 cm³/mol. The van der Waals surface area contributed by atoms with Crippen LogP contribution in [0.3, 0.4) is 0 Å². The lowest BCUT2D eigenvalue weighted by molar-refractivity contribution is -0.317. The number of fused-ring (bicyclic) bond motifs is 2. The molecule has 1 aromatic carbocycles. The fraction of sp³-hybridized carbons (Fsp3) is 0.759. The molecule has 8 heteroatoms. The molecule has 6 aliphatic rings. The molecular formula is C29H40N2O6. The second kappa shape index (κ2) is 7.69. The Labute approximate surface area is 218 Å². The summed E-state index contributed by atoms with van der Waals surface area (Å²) in [6.45, 7) is 3.55. The van der Waals surface area contributed by atoms with E-state index >= 15 is 0 Å². The molecule has 6 fully saturated rings. The van der Waals surface area contributed by atoms with Crippen LogP contribution in [0.15, 0.2) is 24.3 Å². The number of piperidine rings is 1. The molecule has 0 aromatic heterocycles. The van der Waals surface area contributed by atoms with Gasteiger partial charge in [0.1, 0.15) is 11.2 Å². The molecule has 0 amide bonds. The molecule has 5 aliphatic carbocycles. The summed E-state index contributed by atoms with van der Waals surface area (Å²) in [4.78, 5) is 16.1. The molecule has 1 heterocycles. The number of carbonyl (C=O) groups excluding carboxylic acids is 1. The van der Waals surface area contributed by atoms with Gasteiger partial charge in [0.05, 0.1) is 23.4 Å². The van der Waals surface area contributed by atoms with E-state index in [2.05, 4.69) is 11.8 Å². The molecule has 1 saturated heterocycles. The van der Waals surface area contributed by atoms with Crippen molar-refractivity contribution in [2.24, 2.45) is 29.1 Å². The van der Waals surface area contributed by atoms with E-state index in [4.69, 9.17) is 19.9 Å². The zero-order valence-corrected chi connectivity index (χ0v) is 22.1. The fourth-order valence-electron chi connectivity index (χ4n) is 11.0. The second-order valence-electron chi connectivity index (χ2n) is 12.8. The molecule has 8 nitrogen and oxygen atoms in total. The third-order valence-corrected chi connectivity index (χ3v) is 12.0. The van der Waals surface area contributed by atoms with Crippen LogP contribution in [0.4, 0.5) is 5.69 Å². The van der Waals surface area contributed by atoms with E-state index in [0.717, 1.165) is 19.4 Å². The van der Waals surface area contributed by atoms with E-state index in [-0.39, 0.29) is 47.9 Å². The van der Waals surface area contributed by atoms with Gasteiger partial charge in [-0.3, -0.25) is 4.90 Å². The van der Waals surface area contributed by atoms with Crippen molar-refractivity contribution in [3.8, 4) is 0 Å². The standard InChI is InChI=1S/C29H40N2O6/c1-4-31-15-26(37-25(32)17-7-5-6-8-19(17)30)10-9-23(36-3)29-21(26)12-18(24(29)31)27(33)14-20(35-2)16-11-22(29)28(27,34)13-16/h5-8,16,18,20-24,33-34H,4,9-15,30H2,1-3H3/t16-,18?,20-,21+,22+,23-,24-,26+,27-,28+,29?/m0/s1. The zero-order chi connectivity index (χ0) is 26.0. The van der Waals surface area contributed by atoms with Gasteiger partial charge in [-0.2, -0.15) is 0 Å². The third kappa shape index (κ3) is 2.64. The minimum absolute atomic E-state index is 0.00576. The quantitative estimate of drug-likeness (QED) is 0.407. The van der Waals surface area contributed by atoms with E-state index in [1.807, 2.05) is 12.1 Å². The Balaban J connectivity index is 1.40. The third-order valence-electron chi connectivity index (χ3n) is 12.0. The molecule has 4 N–H and O–H groups in total. The minimum atomic E-state index is -1.24. The Kier molecular flexibility index (Phi) is 5.06. The lowest BCUT2D eigenvalue weighted by Crippen LogP contribution is -2.81. The lowest BCUT2D eigenvalue weighted by atomic mass is 9.44. The number of nitrogen functional groups attached to an aromatic ring is 1. The Morgan fingerprint density at radius 1 is 1.11 bits per heavy atom.